The van der Waals surface area contributed by atoms with E-state index in [-0.39, 0.29) is 11.3 Å². The number of nitrogens with zero attached hydrogens (tertiary/aromatic N) is 1. The Labute approximate surface area is 97.6 Å². The monoisotopic (exact) mass is 242 g/mol. The van der Waals surface area contributed by atoms with Crippen LogP contribution in [0.4, 0.5) is 5.69 Å². The minimum Gasteiger partial charge on any atom is -0.352 e. The van der Waals surface area contributed by atoms with Crippen LogP contribution in [0.5, 0.6) is 0 Å². The summed E-state index contributed by atoms with van der Waals surface area (Å²) in [5.41, 5.74) is -0.246. The largest absolute Gasteiger partial charge is 0.352 e. The predicted octanol–water partition coefficient (Wildman–Crippen LogP) is 2.39. The van der Waals surface area contributed by atoms with E-state index in [9.17, 15) is 14.9 Å². The number of nitro benzene ring substituents is 1. The number of carbonyl (C=O) groups is 1. The summed E-state index contributed by atoms with van der Waals surface area (Å²) in [7, 11) is 0. The molecule has 0 radical (unpaired) electrons. The molecule has 0 fully saturated rings. The summed E-state index contributed by atoms with van der Waals surface area (Å²) in [6.07, 6.45) is 0.764. The zero-order valence-electron chi connectivity index (χ0n) is 8.70. The van der Waals surface area contributed by atoms with Crippen molar-refractivity contribution >= 4 is 23.2 Å². The van der Waals surface area contributed by atoms with Crippen LogP contribution < -0.4 is 5.32 Å². The number of rotatable bonds is 4. The summed E-state index contributed by atoms with van der Waals surface area (Å²) >= 11 is 5.70. The number of hydrogen-bond acceptors (Lipinski definition) is 3. The van der Waals surface area contributed by atoms with E-state index in [1.54, 1.807) is 0 Å². The van der Waals surface area contributed by atoms with Gasteiger partial charge in [-0.05, 0) is 18.6 Å². The molecule has 1 N–H and O–H groups in total. The maximum absolute atomic E-state index is 11.6. The van der Waals surface area contributed by atoms with Crippen molar-refractivity contribution in [2.24, 2.45) is 0 Å². The Bertz CT molecular complexity index is 421. The van der Waals surface area contributed by atoms with Gasteiger partial charge in [-0.3, -0.25) is 14.9 Å². The number of halogens is 1. The lowest BCUT2D eigenvalue weighted by atomic mass is 10.1. The second-order valence-corrected chi connectivity index (χ2v) is 3.61. The van der Waals surface area contributed by atoms with Crippen molar-refractivity contribution in [3.8, 4) is 0 Å². The average molecular weight is 243 g/mol. The Morgan fingerprint density at radius 2 is 2.25 bits per heavy atom. The minimum absolute atomic E-state index is 0.00838. The van der Waals surface area contributed by atoms with Crippen LogP contribution in [0.25, 0.3) is 0 Å². The lowest BCUT2D eigenvalue weighted by molar-refractivity contribution is -0.385. The highest BCUT2D eigenvalue weighted by Gasteiger charge is 2.19. The van der Waals surface area contributed by atoms with Crippen molar-refractivity contribution in [1.82, 2.24) is 5.32 Å². The highest BCUT2D eigenvalue weighted by molar-refractivity contribution is 6.31. The van der Waals surface area contributed by atoms with E-state index in [0.29, 0.717) is 11.6 Å². The molecule has 86 valence electrons. The SMILES string of the molecule is CCCNC(=O)c1cc(Cl)ccc1[N+](=O)[O-]. The van der Waals surface area contributed by atoms with Gasteiger partial charge < -0.3 is 5.32 Å². The molecule has 16 heavy (non-hydrogen) atoms. The van der Waals surface area contributed by atoms with E-state index < -0.39 is 10.8 Å². The van der Waals surface area contributed by atoms with Gasteiger partial charge in [-0.15, -0.1) is 0 Å². The van der Waals surface area contributed by atoms with Crippen LogP contribution in [-0.4, -0.2) is 17.4 Å². The van der Waals surface area contributed by atoms with Gasteiger partial charge in [0.05, 0.1) is 4.92 Å². The number of hydrogen-bond donors (Lipinski definition) is 1. The van der Waals surface area contributed by atoms with Gasteiger partial charge in [0.2, 0.25) is 0 Å². The van der Waals surface area contributed by atoms with Crippen molar-refractivity contribution in [2.45, 2.75) is 13.3 Å². The third-order valence-electron chi connectivity index (χ3n) is 1.94. The topological polar surface area (TPSA) is 72.2 Å². The first kappa shape index (κ1) is 12.4. The van der Waals surface area contributed by atoms with E-state index in [2.05, 4.69) is 5.32 Å². The molecule has 1 aromatic carbocycles. The summed E-state index contributed by atoms with van der Waals surface area (Å²) in [6, 6.07) is 3.91. The first-order valence-electron chi connectivity index (χ1n) is 4.78. The van der Waals surface area contributed by atoms with Crippen LogP contribution in [0.15, 0.2) is 18.2 Å². The van der Waals surface area contributed by atoms with Crippen molar-refractivity contribution in [2.75, 3.05) is 6.54 Å². The van der Waals surface area contributed by atoms with E-state index in [1.165, 1.54) is 18.2 Å². The Balaban J connectivity index is 3.04. The van der Waals surface area contributed by atoms with Crippen molar-refractivity contribution in [3.05, 3.63) is 38.9 Å². The molecular formula is C10H11ClN2O3. The van der Waals surface area contributed by atoms with Crippen LogP contribution in [-0.2, 0) is 0 Å². The molecule has 0 heterocycles. The number of benzene rings is 1. The van der Waals surface area contributed by atoms with Gasteiger partial charge in [0.25, 0.3) is 11.6 Å². The van der Waals surface area contributed by atoms with Gasteiger partial charge in [0, 0.05) is 17.6 Å². The number of nitrogens with one attached hydrogen (secondary N) is 1. The molecule has 0 spiro atoms. The molecule has 0 aliphatic rings. The molecule has 0 unspecified atom stereocenters. The Hall–Kier alpha value is -1.62. The zero-order chi connectivity index (χ0) is 12.1. The first-order valence-corrected chi connectivity index (χ1v) is 5.16. The van der Waals surface area contributed by atoms with Gasteiger partial charge in [-0.1, -0.05) is 18.5 Å². The molecule has 0 aliphatic heterocycles. The minimum atomic E-state index is -0.600. The van der Waals surface area contributed by atoms with Crippen LogP contribution >= 0.6 is 11.6 Å². The van der Waals surface area contributed by atoms with Gasteiger partial charge in [0.1, 0.15) is 5.56 Å². The van der Waals surface area contributed by atoms with Gasteiger partial charge in [0.15, 0.2) is 0 Å². The first-order chi connectivity index (χ1) is 7.56. The van der Waals surface area contributed by atoms with Crippen LogP contribution in [0.3, 0.4) is 0 Å². The highest BCUT2D eigenvalue weighted by atomic mass is 35.5. The molecule has 0 bridgehead atoms. The lowest BCUT2D eigenvalue weighted by Crippen LogP contribution is -2.24. The fraction of sp³-hybridized carbons (Fsp3) is 0.300. The van der Waals surface area contributed by atoms with Gasteiger partial charge in [-0.2, -0.15) is 0 Å². The highest BCUT2D eigenvalue weighted by Crippen LogP contribution is 2.22. The smallest absolute Gasteiger partial charge is 0.282 e. The van der Waals surface area contributed by atoms with Crippen LogP contribution in [0.1, 0.15) is 23.7 Å². The molecule has 0 atom stereocenters. The summed E-state index contributed by atoms with van der Waals surface area (Å²) in [5, 5.41) is 13.6. The Morgan fingerprint density at radius 1 is 1.56 bits per heavy atom. The third-order valence-corrected chi connectivity index (χ3v) is 2.17. The second-order valence-electron chi connectivity index (χ2n) is 3.17. The molecule has 0 aromatic heterocycles. The summed E-state index contributed by atoms with van der Waals surface area (Å²) in [5.74, 6) is -0.476. The molecule has 1 rings (SSSR count). The molecule has 1 aromatic rings. The third kappa shape index (κ3) is 2.93. The lowest BCUT2D eigenvalue weighted by Gasteiger charge is -2.04. The van der Waals surface area contributed by atoms with Crippen molar-refractivity contribution in [1.29, 1.82) is 0 Å². The van der Waals surface area contributed by atoms with Crippen LogP contribution in [0.2, 0.25) is 5.02 Å². The number of amides is 1. The Morgan fingerprint density at radius 3 is 2.81 bits per heavy atom. The fourth-order valence-electron chi connectivity index (χ4n) is 1.18. The van der Waals surface area contributed by atoms with Crippen molar-refractivity contribution < 1.29 is 9.72 Å². The molecule has 0 saturated heterocycles. The summed E-state index contributed by atoms with van der Waals surface area (Å²) in [6.45, 7) is 2.37. The second kappa shape index (κ2) is 5.46. The quantitative estimate of drug-likeness (QED) is 0.651. The predicted molar refractivity (Wildman–Crippen MR) is 60.7 cm³/mol. The Kier molecular flexibility index (Phi) is 4.25. The molecule has 5 nitrogen and oxygen atoms in total. The van der Waals surface area contributed by atoms with Gasteiger partial charge >= 0.3 is 0 Å². The average Bonchev–Trinajstić information content (AvgIpc) is 2.25. The molecule has 6 heteroatoms. The maximum atomic E-state index is 11.6. The fourth-order valence-corrected chi connectivity index (χ4v) is 1.36. The molecule has 0 saturated carbocycles. The van der Waals surface area contributed by atoms with E-state index in [1.807, 2.05) is 6.92 Å². The summed E-state index contributed by atoms with van der Waals surface area (Å²) in [4.78, 5) is 21.7. The number of carbonyl (C=O) groups excluding carboxylic acids is 1. The molecule has 1 amide bonds. The van der Waals surface area contributed by atoms with E-state index in [4.69, 9.17) is 11.6 Å². The van der Waals surface area contributed by atoms with Crippen LogP contribution in [0, 0.1) is 10.1 Å². The van der Waals surface area contributed by atoms with Crippen molar-refractivity contribution in [3.63, 3.8) is 0 Å². The summed E-state index contributed by atoms with van der Waals surface area (Å²) < 4.78 is 0. The zero-order valence-corrected chi connectivity index (χ0v) is 9.45. The number of nitro groups is 1. The molecular weight excluding hydrogens is 232 g/mol. The molecule has 0 aliphatic carbocycles. The maximum Gasteiger partial charge on any atom is 0.282 e. The van der Waals surface area contributed by atoms with E-state index in [0.717, 1.165) is 6.42 Å². The normalized spacial score (nSPS) is 9.88. The van der Waals surface area contributed by atoms with Gasteiger partial charge in [-0.25, -0.2) is 0 Å². The van der Waals surface area contributed by atoms with E-state index >= 15 is 0 Å². The standard InChI is InChI=1S/C10H11ClN2O3/c1-2-5-12-10(14)8-6-7(11)3-4-9(8)13(15)16/h3-4,6H,2,5H2,1H3,(H,12,14).